The van der Waals surface area contributed by atoms with E-state index in [1.165, 1.54) is 31.5 Å². The number of methoxy groups -OCH3 is 1. The van der Waals surface area contributed by atoms with Crippen LogP contribution >= 0.6 is 27.5 Å². The van der Waals surface area contributed by atoms with Crippen LogP contribution in [0.2, 0.25) is 5.02 Å². The first-order chi connectivity index (χ1) is 11.8. The standard InChI is InChI=1S/C15H14BrClN2O5S/c1-3-24-14-12(17)4-9(5-13(14)23-2)15(20)19-25(21,22)11-6-10(16)7-18-8-11/h4-8H,3H2,1-2H3,(H,19,20). The molecule has 1 aromatic carbocycles. The number of amides is 1. The zero-order valence-corrected chi connectivity index (χ0v) is 16.4. The Hall–Kier alpha value is -1.84. The second-order valence-electron chi connectivity index (χ2n) is 4.70. The average molecular weight is 450 g/mol. The van der Waals surface area contributed by atoms with Gasteiger partial charge in [0.2, 0.25) is 0 Å². The van der Waals surface area contributed by atoms with Gasteiger partial charge in [-0.3, -0.25) is 9.78 Å². The number of nitrogens with one attached hydrogen (secondary N) is 1. The van der Waals surface area contributed by atoms with Gasteiger partial charge in [0.05, 0.1) is 18.7 Å². The molecule has 2 aromatic rings. The number of aromatic nitrogens is 1. The summed E-state index contributed by atoms with van der Waals surface area (Å²) in [6.07, 6.45) is 2.56. The van der Waals surface area contributed by atoms with Crippen LogP contribution in [-0.2, 0) is 10.0 Å². The molecule has 1 N–H and O–H groups in total. The number of sulfonamides is 1. The van der Waals surface area contributed by atoms with Gasteiger partial charge in [0.25, 0.3) is 15.9 Å². The van der Waals surface area contributed by atoms with Crippen molar-refractivity contribution >= 4 is 43.5 Å². The number of halogens is 2. The zero-order valence-electron chi connectivity index (χ0n) is 13.2. The van der Waals surface area contributed by atoms with Crippen molar-refractivity contribution in [3.8, 4) is 11.5 Å². The topological polar surface area (TPSA) is 94.6 Å². The lowest BCUT2D eigenvalue weighted by Crippen LogP contribution is -2.30. The van der Waals surface area contributed by atoms with Crippen LogP contribution in [0.25, 0.3) is 0 Å². The van der Waals surface area contributed by atoms with Crippen LogP contribution in [-0.4, -0.2) is 33.0 Å². The van der Waals surface area contributed by atoms with Crippen LogP contribution < -0.4 is 14.2 Å². The minimum Gasteiger partial charge on any atom is -0.493 e. The highest BCUT2D eigenvalue weighted by molar-refractivity contribution is 9.10. The Kier molecular flexibility index (Phi) is 6.26. The molecule has 0 fully saturated rings. The normalized spacial score (nSPS) is 11.0. The van der Waals surface area contributed by atoms with Gasteiger partial charge in [-0.05, 0) is 41.1 Å². The van der Waals surface area contributed by atoms with Crippen molar-refractivity contribution in [2.24, 2.45) is 0 Å². The molecule has 0 saturated carbocycles. The molecule has 10 heteroatoms. The van der Waals surface area contributed by atoms with Crippen molar-refractivity contribution in [2.75, 3.05) is 13.7 Å². The summed E-state index contributed by atoms with van der Waals surface area (Å²) >= 11 is 9.22. The van der Waals surface area contributed by atoms with Gasteiger partial charge in [-0.15, -0.1) is 0 Å². The Morgan fingerprint density at radius 1 is 1.32 bits per heavy atom. The summed E-state index contributed by atoms with van der Waals surface area (Å²) in [6.45, 7) is 2.13. The van der Waals surface area contributed by atoms with Crippen LogP contribution in [0.5, 0.6) is 11.5 Å². The van der Waals surface area contributed by atoms with Gasteiger partial charge in [-0.2, -0.15) is 0 Å². The lowest BCUT2D eigenvalue weighted by Gasteiger charge is -2.13. The maximum atomic E-state index is 12.3. The van der Waals surface area contributed by atoms with E-state index in [-0.39, 0.29) is 27.0 Å². The molecule has 25 heavy (non-hydrogen) atoms. The van der Waals surface area contributed by atoms with Crippen LogP contribution in [0, 0.1) is 0 Å². The largest absolute Gasteiger partial charge is 0.493 e. The van der Waals surface area contributed by atoms with E-state index in [2.05, 4.69) is 20.9 Å². The fraction of sp³-hybridized carbons (Fsp3) is 0.200. The molecular weight excluding hydrogens is 436 g/mol. The van der Waals surface area contributed by atoms with E-state index < -0.39 is 15.9 Å². The smallest absolute Gasteiger partial charge is 0.265 e. The Morgan fingerprint density at radius 3 is 2.64 bits per heavy atom. The predicted molar refractivity (Wildman–Crippen MR) is 95.8 cm³/mol. The van der Waals surface area contributed by atoms with E-state index in [1.807, 2.05) is 4.72 Å². The number of ether oxygens (including phenoxy) is 2. The first-order valence-corrected chi connectivity index (χ1v) is 9.62. The number of hydrogen-bond acceptors (Lipinski definition) is 6. The minimum atomic E-state index is -4.09. The zero-order chi connectivity index (χ0) is 18.6. The molecular formula is C15H14BrClN2O5S. The molecule has 0 spiro atoms. The summed E-state index contributed by atoms with van der Waals surface area (Å²) in [5.74, 6) is -0.355. The summed E-state index contributed by atoms with van der Waals surface area (Å²) in [5.41, 5.74) is 0.0110. The Morgan fingerprint density at radius 2 is 2.04 bits per heavy atom. The van der Waals surface area contributed by atoms with E-state index in [9.17, 15) is 13.2 Å². The molecule has 0 aliphatic heterocycles. The molecule has 0 radical (unpaired) electrons. The van der Waals surface area contributed by atoms with E-state index in [0.29, 0.717) is 11.1 Å². The molecule has 1 heterocycles. The lowest BCUT2D eigenvalue weighted by atomic mass is 10.2. The van der Waals surface area contributed by atoms with E-state index in [4.69, 9.17) is 21.1 Å². The van der Waals surface area contributed by atoms with Crippen molar-refractivity contribution < 1.29 is 22.7 Å². The molecule has 0 atom stereocenters. The summed E-state index contributed by atoms with van der Waals surface area (Å²) in [7, 11) is -2.70. The summed E-state index contributed by atoms with van der Waals surface area (Å²) < 4.78 is 37.5. The number of pyridine rings is 1. The first kappa shape index (κ1) is 19.5. The van der Waals surface area contributed by atoms with Gasteiger partial charge in [0.1, 0.15) is 4.90 Å². The third kappa shape index (κ3) is 4.62. The second-order valence-corrected chi connectivity index (χ2v) is 7.70. The van der Waals surface area contributed by atoms with Crippen molar-refractivity contribution in [3.05, 3.63) is 45.7 Å². The summed E-state index contributed by atoms with van der Waals surface area (Å²) in [4.78, 5) is 15.9. The number of benzene rings is 1. The van der Waals surface area contributed by atoms with Crippen LogP contribution in [0.4, 0.5) is 0 Å². The molecule has 0 aliphatic rings. The van der Waals surface area contributed by atoms with Crippen molar-refractivity contribution in [1.29, 1.82) is 0 Å². The van der Waals surface area contributed by atoms with Crippen molar-refractivity contribution in [3.63, 3.8) is 0 Å². The highest BCUT2D eigenvalue weighted by Crippen LogP contribution is 2.36. The third-order valence-electron chi connectivity index (χ3n) is 3.00. The summed E-state index contributed by atoms with van der Waals surface area (Å²) in [6, 6.07) is 3.98. The van der Waals surface area contributed by atoms with Gasteiger partial charge in [0, 0.05) is 22.4 Å². The molecule has 134 valence electrons. The lowest BCUT2D eigenvalue weighted by molar-refractivity contribution is 0.0981. The molecule has 0 unspecified atom stereocenters. The first-order valence-electron chi connectivity index (χ1n) is 6.96. The van der Waals surface area contributed by atoms with Gasteiger partial charge in [-0.1, -0.05) is 11.6 Å². The quantitative estimate of drug-likeness (QED) is 0.728. The van der Waals surface area contributed by atoms with Gasteiger partial charge in [0.15, 0.2) is 11.5 Å². The van der Waals surface area contributed by atoms with E-state index in [0.717, 1.165) is 6.20 Å². The van der Waals surface area contributed by atoms with Crippen molar-refractivity contribution in [1.82, 2.24) is 9.71 Å². The average Bonchev–Trinajstić information content (AvgIpc) is 2.56. The van der Waals surface area contributed by atoms with Crippen LogP contribution in [0.1, 0.15) is 17.3 Å². The highest BCUT2D eigenvalue weighted by atomic mass is 79.9. The highest BCUT2D eigenvalue weighted by Gasteiger charge is 2.22. The van der Waals surface area contributed by atoms with Crippen LogP contribution in [0.15, 0.2) is 40.0 Å². The monoisotopic (exact) mass is 448 g/mol. The van der Waals surface area contributed by atoms with Crippen molar-refractivity contribution in [2.45, 2.75) is 11.8 Å². The Bertz CT molecular complexity index is 905. The summed E-state index contributed by atoms with van der Waals surface area (Å²) in [5, 5.41) is 0.132. The molecule has 7 nitrogen and oxygen atoms in total. The second kappa shape index (κ2) is 8.03. The Labute approximate surface area is 158 Å². The Balaban J connectivity index is 2.33. The third-order valence-corrected chi connectivity index (χ3v) is 5.01. The van der Waals surface area contributed by atoms with Gasteiger partial charge in [-0.25, -0.2) is 13.1 Å². The number of nitrogens with zero attached hydrogens (tertiary/aromatic N) is 1. The maximum absolute atomic E-state index is 12.3. The molecule has 1 amide bonds. The molecule has 1 aromatic heterocycles. The predicted octanol–water partition coefficient (Wildman–Crippen LogP) is 3.02. The number of carbonyl (C=O) groups is 1. The SMILES string of the molecule is CCOc1c(Cl)cc(C(=O)NS(=O)(=O)c2cncc(Br)c2)cc1OC. The molecule has 2 rings (SSSR count). The van der Waals surface area contributed by atoms with Gasteiger partial charge >= 0.3 is 0 Å². The van der Waals surface area contributed by atoms with E-state index in [1.54, 1.807) is 6.92 Å². The van der Waals surface area contributed by atoms with Crippen LogP contribution in [0.3, 0.4) is 0 Å². The minimum absolute atomic E-state index is 0.0110. The number of hydrogen-bond donors (Lipinski definition) is 1. The maximum Gasteiger partial charge on any atom is 0.265 e. The molecule has 0 aliphatic carbocycles. The van der Waals surface area contributed by atoms with E-state index >= 15 is 0 Å². The van der Waals surface area contributed by atoms with Gasteiger partial charge < -0.3 is 9.47 Å². The number of carbonyl (C=O) groups excluding carboxylic acids is 1. The fourth-order valence-corrected chi connectivity index (χ4v) is 3.66. The molecule has 0 bridgehead atoms. The number of rotatable bonds is 6. The fourth-order valence-electron chi connectivity index (χ4n) is 1.91. The molecule has 0 saturated heterocycles.